The van der Waals surface area contributed by atoms with Gasteiger partial charge in [-0.15, -0.1) is 0 Å². The van der Waals surface area contributed by atoms with Crippen molar-refractivity contribution in [2.75, 3.05) is 0 Å². The number of aliphatic carboxylic acids is 1. The SMILES string of the molecule is C[C@@H](NC(=O)c1ccc(OC(F)F)cc1)C(=O)O. The molecule has 0 fully saturated rings. The van der Waals surface area contributed by atoms with Crippen LogP contribution >= 0.6 is 0 Å². The summed E-state index contributed by atoms with van der Waals surface area (Å²) in [6.07, 6.45) is 0. The van der Waals surface area contributed by atoms with Crippen molar-refractivity contribution in [2.24, 2.45) is 0 Å². The molecule has 18 heavy (non-hydrogen) atoms. The number of carbonyl (C=O) groups excluding carboxylic acids is 1. The number of carboxylic acids is 1. The van der Waals surface area contributed by atoms with Gasteiger partial charge in [0.2, 0.25) is 0 Å². The highest BCUT2D eigenvalue weighted by atomic mass is 19.3. The van der Waals surface area contributed by atoms with Gasteiger partial charge in [-0.2, -0.15) is 8.78 Å². The maximum absolute atomic E-state index is 11.9. The summed E-state index contributed by atoms with van der Waals surface area (Å²) in [7, 11) is 0. The summed E-state index contributed by atoms with van der Waals surface area (Å²) in [5.41, 5.74) is 0.157. The van der Waals surface area contributed by atoms with Crippen LogP contribution in [0.1, 0.15) is 17.3 Å². The van der Waals surface area contributed by atoms with Gasteiger partial charge in [0.1, 0.15) is 11.8 Å². The predicted octanol–water partition coefficient (Wildman–Crippen LogP) is 1.49. The summed E-state index contributed by atoms with van der Waals surface area (Å²) in [6.45, 7) is -1.62. The lowest BCUT2D eigenvalue weighted by Gasteiger charge is -2.09. The Morgan fingerprint density at radius 1 is 1.28 bits per heavy atom. The van der Waals surface area contributed by atoms with Gasteiger partial charge in [0, 0.05) is 5.56 Å². The Morgan fingerprint density at radius 2 is 1.83 bits per heavy atom. The molecule has 0 saturated carbocycles. The molecule has 1 aromatic rings. The van der Waals surface area contributed by atoms with Crippen molar-refractivity contribution in [3.05, 3.63) is 29.8 Å². The van der Waals surface area contributed by atoms with Crippen LogP contribution in [0.4, 0.5) is 8.78 Å². The number of hydrogen-bond acceptors (Lipinski definition) is 3. The first-order chi connectivity index (χ1) is 8.40. The van der Waals surface area contributed by atoms with Gasteiger partial charge < -0.3 is 15.2 Å². The standard InChI is InChI=1S/C11H11F2NO4/c1-6(10(16)17)14-9(15)7-2-4-8(5-3-7)18-11(12)13/h2-6,11H,1H3,(H,14,15)(H,16,17)/t6-/m1/s1. The fourth-order valence-electron chi connectivity index (χ4n) is 1.13. The average molecular weight is 259 g/mol. The van der Waals surface area contributed by atoms with Crippen molar-refractivity contribution < 1.29 is 28.2 Å². The van der Waals surface area contributed by atoms with E-state index in [4.69, 9.17) is 5.11 Å². The molecule has 98 valence electrons. The summed E-state index contributed by atoms with van der Waals surface area (Å²) in [6, 6.07) is 3.90. The second-order valence-corrected chi connectivity index (χ2v) is 3.44. The smallest absolute Gasteiger partial charge is 0.387 e. The van der Waals surface area contributed by atoms with Crippen molar-refractivity contribution in [1.82, 2.24) is 5.32 Å². The van der Waals surface area contributed by atoms with Gasteiger partial charge in [-0.05, 0) is 31.2 Å². The molecule has 0 aliphatic carbocycles. The second-order valence-electron chi connectivity index (χ2n) is 3.44. The Balaban J connectivity index is 2.67. The van der Waals surface area contributed by atoms with E-state index in [1.165, 1.54) is 31.2 Å². The number of rotatable bonds is 5. The summed E-state index contributed by atoms with van der Waals surface area (Å²) < 4.78 is 27.9. The highest BCUT2D eigenvalue weighted by Gasteiger charge is 2.15. The minimum absolute atomic E-state index is 0.0761. The number of benzene rings is 1. The quantitative estimate of drug-likeness (QED) is 0.840. The van der Waals surface area contributed by atoms with Gasteiger partial charge in [0.15, 0.2) is 0 Å². The Labute approximate surface area is 101 Å². The molecule has 1 atom stereocenters. The minimum Gasteiger partial charge on any atom is -0.480 e. The normalized spacial score (nSPS) is 12.0. The van der Waals surface area contributed by atoms with Crippen molar-refractivity contribution in [1.29, 1.82) is 0 Å². The lowest BCUT2D eigenvalue weighted by atomic mass is 10.2. The molecule has 0 aliphatic rings. The molecular weight excluding hydrogens is 248 g/mol. The van der Waals surface area contributed by atoms with E-state index >= 15 is 0 Å². The zero-order valence-electron chi connectivity index (χ0n) is 9.39. The van der Waals surface area contributed by atoms with E-state index < -0.39 is 24.5 Å². The third-order valence-electron chi connectivity index (χ3n) is 2.06. The summed E-state index contributed by atoms with van der Waals surface area (Å²) >= 11 is 0. The second kappa shape index (κ2) is 5.95. The van der Waals surface area contributed by atoms with E-state index in [9.17, 15) is 18.4 Å². The summed E-state index contributed by atoms with van der Waals surface area (Å²) in [5.74, 6) is -1.85. The van der Waals surface area contributed by atoms with E-state index in [2.05, 4.69) is 10.1 Å². The van der Waals surface area contributed by atoms with Crippen LogP contribution in [0.2, 0.25) is 0 Å². The molecule has 0 heterocycles. The van der Waals surface area contributed by atoms with E-state index in [0.29, 0.717) is 0 Å². The molecule has 5 nitrogen and oxygen atoms in total. The van der Waals surface area contributed by atoms with Crippen LogP contribution in [0.3, 0.4) is 0 Å². The summed E-state index contributed by atoms with van der Waals surface area (Å²) in [5, 5.41) is 10.8. The van der Waals surface area contributed by atoms with Crippen LogP contribution in [0.25, 0.3) is 0 Å². The maximum Gasteiger partial charge on any atom is 0.387 e. The van der Waals surface area contributed by atoms with Gasteiger partial charge in [-0.25, -0.2) is 0 Å². The Morgan fingerprint density at radius 3 is 2.28 bits per heavy atom. The molecule has 0 spiro atoms. The summed E-state index contributed by atoms with van der Waals surface area (Å²) in [4.78, 5) is 22.1. The van der Waals surface area contributed by atoms with Gasteiger partial charge in [-0.1, -0.05) is 0 Å². The lowest BCUT2D eigenvalue weighted by Crippen LogP contribution is -2.38. The van der Waals surface area contributed by atoms with E-state index in [-0.39, 0.29) is 11.3 Å². The molecule has 0 bridgehead atoms. The van der Waals surface area contributed by atoms with E-state index in [1.807, 2.05) is 0 Å². The Kier molecular flexibility index (Phi) is 4.59. The fraction of sp³-hybridized carbons (Fsp3) is 0.273. The molecule has 7 heteroatoms. The predicted molar refractivity (Wildman–Crippen MR) is 57.6 cm³/mol. The average Bonchev–Trinajstić information content (AvgIpc) is 2.28. The van der Waals surface area contributed by atoms with Crippen LogP contribution in [0.15, 0.2) is 24.3 Å². The number of nitrogens with one attached hydrogen (secondary N) is 1. The number of carbonyl (C=O) groups is 2. The first kappa shape index (κ1) is 13.9. The van der Waals surface area contributed by atoms with Crippen LogP contribution in [0, 0.1) is 0 Å². The molecule has 1 aromatic carbocycles. The highest BCUT2D eigenvalue weighted by molar-refractivity contribution is 5.96. The highest BCUT2D eigenvalue weighted by Crippen LogP contribution is 2.14. The van der Waals surface area contributed by atoms with Crippen LogP contribution in [-0.2, 0) is 4.79 Å². The third kappa shape index (κ3) is 4.00. The number of halogens is 2. The van der Waals surface area contributed by atoms with Crippen LogP contribution in [-0.4, -0.2) is 29.6 Å². The number of carboxylic acid groups (broad SMARTS) is 1. The van der Waals surface area contributed by atoms with Gasteiger partial charge in [-0.3, -0.25) is 9.59 Å². The van der Waals surface area contributed by atoms with Crippen LogP contribution < -0.4 is 10.1 Å². The molecule has 0 aliphatic heterocycles. The van der Waals surface area contributed by atoms with E-state index in [0.717, 1.165) is 0 Å². The third-order valence-corrected chi connectivity index (χ3v) is 2.06. The zero-order chi connectivity index (χ0) is 13.7. The molecule has 2 N–H and O–H groups in total. The maximum atomic E-state index is 11.9. The Bertz CT molecular complexity index is 433. The number of amides is 1. The molecule has 0 unspecified atom stereocenters. The van der Waals surface area contributed by atoms with Gasteiger partial charge in [0.25, 0.3) is 5.91 Å². The monoisotopic (exact) mass is 259 g/mol. The molecule has 1 rings (SSSR count). The minimum atomic E-state index is -2.93. The van der Waals surface area contributed by atoms with Crippen molar-refractivity contribution in [2.45, 2.75) is 19.6 Å². The van der Waals surface area contributed by atoms with Gasteiger partial charge >= 0.3 is 12.6 Å². The molecule has 0 saturated heterocycles. The molecule has 0 aromatic heterocycles. The topological polar surface area (TPSA) is 75.6 Å². The van der Waals surface area contributed by atoms with Crippen molar-refractivity contribution >= 4 is 11.9 Å². The van der Waals surface area contributed by atoms with E-state index in [1.54, 1.807) is 0 Å². The molecule has 1 amide bonds. The molecule has 0 radical (unpaired) electrons. The van der Waals surface area contributed by atoms with Crippen molar-refractivity contribution in [3.8, 4) is 5.75 Å². The number of ether oxygens (including phenoxy) is 1. The number of alkyl halides is 2. The molecular formula is C11H11F2NO4. The number of hydrogen-bond donors (Lipinski definition) is 2. The zero-order valence-corrected chi connectivity index (χ0v) is 9.39. The van der Waals surface area contributed by atoms with Crippen molar-refractivity contribution in [3.63, 3.8) is 0 Å². The lowest BCUT2D eigenvalue weighted by molar-refractivity contribution is -0.138. The largest absolute Gasteiger partial charge is 0.480 e. The van der Waals surface area contributed by atoms with Gasteiger partial charge in [0.05, 0.1) is 0 Å². The Hall–Kier alpha value is -2.18. The first-order valence-corrected chi connectivity index (χ1v) is 4.98. The fourth-order valence-corrected chi connectivity index (χ4v) is 1.13. The van der Waals surface area contributed by atoms with Crippen LogP contribution in [0.5, 0.6) is 5.75 Å². The first-order valence-electron chi connectivity index (χ1n) is 4.98.